The van der Waals surface area contributed by atoms with E-state index in [4.69, 9.17) is 5.11 Å². The fourth-order valence-electron chi connectivity index (χ4n) is 1.48. The maximum atomic E-state index is 12.0. The van der Waals surface area contributed by atoms with Gasteiger partial charge in [-0.25, -0.2) is 8.42 Å². The van der Waals surface area contributed by atoms with Crippen molar-refractivity contribution >= 4 is 16.0 Å². The molecule has 0 bridgehead atoms. The van der Waals surface area contributed by atoms with Gasteiger partial charge in [0.05, 0.1) is 5.75 Å². The standard InChI is InChI=1S/C12H16N2O4S/c1-2-8-14(10-12(15)16)19(17,18)9-6-11-5-3-4-7-13-11/h2-5,7H,1,6,8-10H2,(H,15,16). The zero-order valence-electron chi connectivity index (χ0n) is 10.4. The average molecular weight is 284 g/mol. The molecule has 0 aliphatic carbocycles. The Hall–Kier alpha value is -1.73. The molecule has 1 rings (SSSR count). The number of rotatable bonds is 8. The third-order valence-electron chi connectivity index (χ3n) is 2.38. The molecule has 0 radical (unpaired) electrons. The summed E-state index contributed by atoms with van der Waals surface area (Å²) in [6, 6.07) is 5.24. The zero-order chi connectivity index (χ0) is 14.3. The third-order valence-corrected chi connectivity index (χ3v) is 4.17. The van der Waals surface area contributed by atoms with Crippen molar-refractivity contribution in [2.75, 3.05) is 18.8 Å². The minimum atomic E-state index is -3.64. The van der Waals surface area contributed by atoms with E-state index in [2.05, 4.69) is 11.6 Å². The number of hydrogen-bond acceptors (Lipinski definition) is 4. The number of hydrogen-bond donors (Lipinski definition) is 1. The first-order valence-electron chi connectivity index (χ1n) is 5.66. The number of sulfonamides is 1. The quantitative estimate of drug-likeness (QED) is 0.703. The highest BCUT2D eigenvalue weighted by molar-refractivity contribution is 7.89. The predicted molar refractivity (Wildman–Crippen MR) is 71.1 cm³/mol. The van der Waals surface area contributed by atoms with Crippen molar-refractivity contribution < 1.29 is 18.3 Å². The lowest BCUT2D eigenvalue weighted by Crippen LogP contribution is -2.37. The van der Waals surface area contributed by atoms with Crippen molar-refractivity contribution in [3.05, 3.63) is 42.7 Å². The van der Waals surface area contributed by atoms with Crippen LogP contribution in [0.2, 0.25) is 0 Å². The van der Waals surface area contributed by atoms with Gasteiger partial charge in [0.25, 0.3) is 0 Å². The summed E-state index contributed by atoms with van der Waals surface area (Å²) in [5, 5.41) is 8.71. The molecule has 0 unspecified atom stereocenters. The molecule has 0 aliphatic heterocycles. The van der Waals surface area contributed by atoms with Crippen LogP contribution in [-0.2, 0) is 21.2 Å². The van der Waals surface area contributed by atoms with Gasteiger partial charge in [0.2, 0.25) is 10.0 Å². The molecular formula is C12H16N2O4S. The second-order valence-corrected chi connectivity index (χ2v) is 5.95. The number of carboxylic acid groups (broad SMARTS) is 1. The monoisotopic (exact) mass is 284 g/mol. The largest absolute Gasteiger partial charge is 0.480 e. The minimum absolute atomic E-state index is 0.0170. The van der Waals surface area contributed by atoms with Crippen LogP contribution in [0.15, 0.2) is 37.1 Å². The summed E-state index contributed by atoms with van der Waals surface area (Å²) in [5.74, 6) is -1.37. The number of pyridine rings is 1. The molecule has 0 aromatic carbocycles. The van der Waals surface area contributed by atoms with Gasteiger partial charge in [-0.3, -0.25) is 9.78 Å². The first-order chi connectivity index (χ1) is 8.95. The van der Waals surface area contributed by atoms with Crippen LogP contribution in [0, 0.1) is 0 Å². The molecule has 0 atom stereocenters. The molecule has 0 fully saturated rings. The van der Waals surface area contributed by atoms with Crippen molar-refractivity contribution in [2.24, 2.45) is 0 Å². The van der Waals surface area contributed by atoms with Gasteiger partial charge >= 0.3 is 5.97 Å². The van der Waals surface area contributed by atoms with Gasteiger partial charge in [0.1, 0.15) is 6.54 Å². The summed E-state index contributed by atoms with van der Waals surface area (Å²) in [6.45, 7) is 2.85. The lowest BCUT2D eigenvalue weighted by molar-refractivity contribution is -0.137. The molecule has 19 heavy (non-hydrogen) atoms. The SMILES string of the molecule is C=CCN(CC(=O)O)S(=O)(=O)CCc1ccccn1. The second kappa shape index (κ2) is 7.01. The van der Waals surface area contributed by atoms with E-state index in [0.29, 0.717) is 5.69 Å². The number of aliphatic carboxylic acids is 1. The summed E-state index contributed by atoms with van der Waals surface area (Å²) < 4.78 is 24.9. The van der Waals surface area contributed by atoms with Crippen LogP contribution in [0.5, 0.6) is 0 Å². The lowest BCUT2D eigenvalue weighted by atomic mass is 10.3. The number of carboxylic acids is 1. The molecule has 0 spiro atoms. The van der Waals surface area contributed by atoms with Crippen molar-refractivity contribution in [3.8, 4) is 0 Å². The highest BCUT2D eigenvalue weighted by atomic mass is 32.2. The second-order valence-electron chi connectivity index (χ2n) is 3.86. The molecule has 7 heteroatoms. The Bertz CT molecular complexity index is 528. The van der Waals surface area contributed by atoms with Gasteiger partial charge in [-0.15, -0.1) is 6.58 Å². The van der Waals surface area contributed by atoms with Gasteiger partial charge in [-0.1, -0.05) is 12.1 Å². The van der Waals surface area contributed by atoms with Crippen LogP contribution in [0.1, 0.15) is 5.69 Å². The topological polar surface area (TPSA) is 87.6 Å². The van der Waals surface area contributed by atoms with Crippen molar-refractivity contribution in [1.82, 2.24) is 9.29 Å². The van der Waals surface area contributed by atoms with Crippen LogP contribution in [0.4, 0.5) is 0 Å². The Morgan fingerprint density at radius 1 is 1.47 bits per heavy atom. The van der Waals surface area contributed by atoms with Gasteiger partial charge in [-0.2, -0.15) is 4.31 Å². The van der Waals surface area contributed by atoms with Crippen molar-refractivity contribution in [3.63, 3.8) is 0 Å². The van der Waals surface area contributed by atoms with Crippen LogP contribution in [0.3, 0.4) is 0 Å². The Labute approximate surface area is 112 Å². The summed E-state index contributed by atoms with van der Waals surface area (Å²) >= 11 is 0. The molecule has 1 N–H and O–H groups in total. The Morgan fingerprint density at radius 2 is 2.21 bits per heavy atom. The molecule has 6 nitrogen and oxygen atoms in total. The fraction of sp³-hybridized carbons (Fsp3) is 0.333. The Kier molecular flexibility index (Phi) is 5.65. The van der Waals surface area contributed by atoms with Crippen molar-refractivity contribution in [2.45, 2.75) is 6.42 Å². The van der Waals surface area contributed by atoms with Crippen LogP contribution in [-0.4, -0.2) is 47.6 Å². The highest BCUT2D eigenvalue weighted by Crippen LogP contribution is 2.05. The lowest BCUT2D eigenvalue weighted by Gasteiger charge is -2.18. The maximum absolute atomic E-state index is 12.0. The van der Waals surface area contributed by atoms with E-state index in [9.17, 15) is 13.2 Å². The molecule has 1 aromatic heterocycles. The molecule has 0 saturated carbocycles. The van der Waals surface area contributed by atoms with E-state index in [1.54, 1.807) is 24.4 Å². The summed E-state index contributed by atoms with van der Waals surface area (Å²) in [6.07, 6.45) is 3.19. The number of aromatic nitrogens is 1. The maximum Gasteiger partial charge on any atom is 0.318 e. The van der Waals surface area contributed by atoms with Gasteiger partial charge in [0.15, 0.2) is 0 Å². The van der Waals surface area contributed by atoms with E-state index < -0.39 is 22.5 Å². The third kappa shape index (κ3) is 5.19. The van der Waals surface area contributed by atoms with E-state index in [1.165, 1.54) is 6.08 Å². The Morgan fingerprint density at radius 3 is 2.74 bits per heavy atom. The van der Waals surface area contributed by atoms with Crippen LogP contribution >= 0.6 is 0 Å². The van der Waals surface area contributed by atoms with Gasteiger partial charge in [-0.05, 0) is 12.1 Å². The summed E-state index contributed by atoms with van der Waals surface area (Å²) in [5.41, 5.74) is 0.653. The van der Waals surface area contributed by atoms with Gasteiger partial charge < -0.3 is 5.11 Å². The number of aryl methyl sites for hydroxylation is 1. The Balaban J connectivity index is 2.71. The zero-order valence-corrected chi connectivity index (χ0v) is 11.2. The van der Waals surface area contributed by atoms with E-state index in [-0.39, 0.29) is 18.7 Å². The summed E-state index contributed by atoms with van der Waals surface area (Å²) in [4.78, 5) is 14.7. The highest BCUT2D eigenvalue weighted by Gasteiger charge is 2.23. The van der Waals surface area contributed by atoms with E-state index in [0.717, 1.165) is 4.31 Å². The molecule has 104 valence electrons. The fourth-order valence-corrected chi connectivity index (χ4v) is 2.84. The van der Waals surface area contributed by atoms with Crippen LogP contribution in [0.25, 0.3) is 0 Å². The number of nitrogens with zero attached hydrogens (tertiary/aromatic N) is 2. The molecule has 0 amide bonds. The molecular weight excluding hydrogens is 268 g/mol. The molecule has 1 heterocycles. The van der Waals surface area contributed by atoms with E-state index >= 15 is 0 Å². The van der Waals surface area contributed by atoms with E-state index in [1.807, 2.05) is 0 Å². The predicted octanol–water partition coefficient (Wildman–Crippen LogP) is 0.526. The average Bonchev–Trinajstić information content (AvgIpc) is 2.37. The molecule has 0 saturated heterocycles. The molecule has 0 aliphatic rings. The van der Waals surface area contributed by atoms with Crippen molar-refractivity contribution in [1.29, 1.82) is 0 Å². The summed E-state index contributed by atoms with van der Waals surface area (Å²) in [7, 11) is -3.64. The van der Waals surface area contributed by atoms with Crippen LogP contribution < -0.4 is 0 Å². The van der Waals surface area contributed by atoms with Gasteiger partial charge in [0, 0.05) is 24.9 Å². The molecule has 1 aromatic rings. The first kappa shape index (κ1) is 15.3. The normalized spacial score (nSPS) is 11.4. The smallest absolute Gasteiger partial charge is 0.318 e. The first-order valence-corrected chi connectivity index (χ1v) is 7.27. The minimum Gasteiger partial charge on any atom is -0.480 e. The number of carbonyl (C=O) groups is 1.